The van der Waals surface area contributed by atoms with Gasteiger partial charge in [0.25, 0.3) is 0 Å². The average molecular weight is 482 g/mol. The Hall–Kier alpha value is -3.25. The van der Waals surface area contributed by atoms with Gasteiger partial charge in [0.2, 0.25) is 0 Å². The highest BCUT2D eigenvalue weighted by atomic mass is 16.5. The van der Waals surface area contributed by atoms with Crippen molar-refractivity contribution in [3.05, 3.63) is 108 Å². The molecule has 4 aromatic rings. The number of ether oxygens (including phenoxy) is 1. The fourth-order valence-corrected chi connectivity index (χ4v) is 5.11. The van der Waals surface area contributed by atoms with E-state index in [0.29, 0.717) is 6.54 Å². The number of aliphatic hydroxyl groups excluding tert-OH is 1. The van der Waals surface area contributed by atoms with Crippen LogP contribution >= 0.6 is 0 Å². The van der Waals surface area contributed by atoms with Gasteiger partial charge in [0.05, 0.1) is 11.6 Å². The maximum atomic E-state index is 10.8. The van der Waals surface area contributed by atoms with E-state index in [4.69, 9.17) is 4.74 Å². The van der Waals surface area contributed by atoms with Gasteiger partial charge in [-0.2, -0.15) is 0 Å². The Kier molecular flexibility index (Phi) is 7.91. The summed E-state index contributed by atoms with van der Waals surface area (Å²) in [6.45, 7) is 6.76. The average Bonchev–Trinajstić information content (AvgIpc) is 2.94. The van der Waals surface area contributed by atoms with E-state index in [1.54, 1.807) is 0 Å². The van der Waals surface area contributed by atoms with Crippen LogP contribution in [0.5, 0.6) is 5.75 Å². The number of β-amino-alcohol motifs (C(OH)–C–C–N with tert-alkyl or cyclic N) is 1. The number of benzene rings is 3. The molecule has 5 rings (SSSR count). The van der Waals surface area contributed by atoms with Gasteiger partial charge in [-0.25, -0.2) is 0 Å². The third kappa shape index (κ3) is 5.76. The summed E-state index contributed by atoms with van der Waals surface area (Å²) < 4.78 is 6.07. The topological polar surface area (TPSA) is 48.8 Å². The molecule has 1 saturated heterocycles. The zero-order valence-corrected chi connectivity index (χ0v) is 21.0. The SMILES string of the molecule is CCc1cnc2cccc(OCC(O)CN3CCN(C(c4ccccc4)c4ccccc4)CC3)c2c1. The molecule has 1 aliphatic heterocycles. The van der Waals surface area contributed by atoms with E-state index in [9.17, 15) is 5.11 Å². The molecular weight excluding hydrogens is 446 g/mol. The molecule has 0 spiro atoms. The van der Waals surface area contributed by atoms with Crippen molar-refractivity contribution in [3.63, 3.8) is 0 Å². The molecule has 0 radical (unpaired) electrons. The van der Waals surface area contributed by atoms with E-state index in [-0.39, 0.29) is 12.6 Å². The molecular formula is C31H35N3O2. The lowest BCUT2D eigenvalue weighted by molar-refractivity contribution is 0.0404. The van der Waals surface area contributed by atoms with Crippen molar-refractivity contribution in [2.45, 2.75) is 25.5 Å². The normalized spacial score (nSPS) is 15.9. The van der Waals surface area contributed by atoms with Gasteiger partial charge in [0, 0.05) is 44.3 Å². The van der Waals surface area contributed by atoms with Crippen molar-refractivity contribution < 1.29 is 9.84 Å². The molecule has 5 heteroatoms. The van der Waals surface area contributed by atoms with Crippen molar-refractivity contribution in [1.82, 2.24) is 14.8 Å². The zero-order valence-electron chi connectivity index (χ0n) is 21.0. The van der Waals surface area contributed by atoms with Crippen molar-refractivity contribution in [2.24, 2.45) is 0 Å². The Morgan fingerprint density at radius 3 is 2.17 bits per heavy atom. The van der Waals surface area contributed by atoms with E-state index in [2.05, 4.69) is 88.4 Å². The number of rotatable bonds is 9. The van der Waals surface area contributed by atoms with E-state index in [0.717, 1.165) is 49.3 Å². The van der Waals surface area contributed by atoms with Gasteiger partial charge in [0.15, 0.2) is 0 Å². The minimum atomic E-state index is -0.548. The highest BCUT2D eigenvalue weighted by Gasteiger charge is 2.27. The van der Waals surface area contributed by atoms with Crippen molar-refractivity contribution >= 4 is 10.9 Å². The fraction of sp³-hybridized carbons (Fsp3) is 0.323. The molecule has 1 fully saturated rings. The summed E-state index contributed by atoms with van der Waals surface area (Å²) in [4.78, 5) is 9.44. The number of hydrogen-bond donors (Lipinski definition) is 1. The summed E-state index contributed by atoms with van der Waals surface area (Å²) in [6.07, 6.45) is 2.30. The van der Waals surface area contributed by atoms with Crippen LogP contribution in [0.4, 0.5) is 0 Å². The van der Waals surface area contributed by atoms with Crippen LogP contribution in [0.3, 0.4) is 0 Å². The first-order valence-electron chi connectivity index (χ1n) is 13.0. The van der Waals surface area contributed by atoms with E-state index >= 15 is 0 Å². The van der Waals surface area contributed by atoms with Crippen LogP contribution in [-0.2, 0) is 6.42 Å². The maximum Gasteiger partial charge on any atom is 0.128 e. The van der Waals surface area contributed by atoms with Crippen molar-refractivity contribution in [3.8, 4) is 5.75 Å². The van der Waals surface area contributed by atoms with Crippen LogP contribution in [0.2, 0.25) is 0 Å². The molecule has 1 atom stereocenters. The number of aryl methyl sites for hydroxylation is 1. The zero-order chi connectivity index (χ0) is 24.7. The first kappa shape index (κ1) is 24.4. The Labute approximate surface area is 214 Å². The molecule has 186 valence electrons. The minimum absolute atomic E-state index is 0.246. The van der Waals surface area contributed by atoms with Crippen LogP contribution in [0.1, 0.15) is 29.7 Å². The summed E-state index contributed by atoms with van der Waals surface area (Å²) in [5.74, 6) is 0.785. The van der Waals surface area contributed by atoms with E-state index < -0.39 is 6.10 Å². The number of hydrogen-bond acceptors (Lipinski definition) is 5. The van der Waals surface area contributed by atoms with Crippen LogP contribution in [0.25, 0.3) is 10.9 Å². The Morgan fingerprint density at radius 1 is 0.861 bits per heavy atom. The van der Waals surface area contributed by atoms with E-state index in [1.165, 1.54) is 16.7 Å². The molecule has 5 nitrogen and oxygen atoms in total. The molecule has 36 heavy (non-hydrogen) atoms. The molecule has 0 aliphatic carbocycles. The second kappa shape index (κ2) is 11.7. The quantitative estimate of drug-likeness (QED) is 0.367. The van der Waals surface area contributed by atoms with Gasteiger partial charge >= 0.3 is 0 Å². The monoisotopic (exact) mass is 481 g/mol. The fourth-order valence-electron chi connectivity index (χ4n) is 5.11. The number of aliphatic hydroxyl groups is 1. The Morgan fingerprint density at radius 2 is 1.53 bits per heavy atom. The van der Waals surface area contributed by atoms with Gasteiger partial charge in [-0.15, -0.1) is 0 Å². The largest absolute Gasteiger partial charge is 0.490 e. The van der Waals surface area contributed by atoms with Crippen molar-refractivity contribution in [1.29, 1.82) is 0 Å². The third-order valence-electron chi connectivity index (χ3n) is 7.05. The van der Waals surface area contributed by atoms with Gasteiger partial charge in [0.1, 0.15) is 18.5 Å². The standard InChI is InChI=1S/C31H35N3O2/c1-2-24-20-28-29(32-21-24)14-9-15-30(28)36-23-27(35)22-33-16-18-34(19-17-33)31(25-10-5-3-6-11-25)26-12-7-4-8-13-26/h3-15,20-21,27,31,35H,2,16-19,22-23H2,1H3. The number of aromatic nitrogens is 1. The van der Waals surface area contributed by atoms with Crippen LogP contribution in [0, 0.1) is 0 Å². The smallest absolute Gasteiger partial charge is 0.128 e. The summed E-state index contributed by atoms with van der Waals surface area (Å²) in [5.41, 5.74) is 4.74. The molecule has 1 aromatic heterocycles. The van der Waals surface area contributed by atoms with Gasteiger partial charge in [-0.1, -0.05) is 73.7 Å². The second-order valence-corrected chi connectivity index (χ2v) is 9.55. The summed E-state index contributed by atoms with van der Waals surface area (Å²) in [5, 5.41) is 11.8. The lowest BCUT2D eigenvalue weighted by Crippen LogP contribution is -2.50. The Bertz CT molecular complexity index is 1200. The lowest BCUT2D eigenvalue weighted by Gasteiger charge is -2.40. The summed E-state index contributed by atoms with van der Waals surface area (Å²) in [6, 6.07) is 29.8. The highest BCUT2D eigenvalue weighted by molar-refractivity contribution is 5.85. The van der Waals surface area contributed by atoms with E-state index in [1.807, 2.05) is 24.4 Å². The number of piperazine rings is 1. The van der Waals surface area contributed by atoms with Crippen LogP contribution in [0.15, 0.2) is 91.1 Å². The van der Waals surface area contributed by atoms with Gasteiger partial charge in [-0.3, -0.25) is 14.8 Å². The molecule has 3 aromatic carbocycles. The highest BCUT2D eigenvalue weighted by Crippen LogP contribution is 2.29. The number of nitrogens with zero attached hydrogens (tertiary/aromatic N) is 3. The Balaban J connectivity index is 1.18. The van der Waals surface area contributed by atoms with Gasteiger partial charge in [-0.05, 0) is 41.3 Å². The first-order chi connectivity index (χ1) is 17.7. The predicted octanol–water partition coefficient (Wildman–Crippen LogP) is 4.94. The van der Waals surface area contributed by atoms with Crippen molar-refractivity contribution in [2.75, 3.05) is 39.3 Å². The van der Waals surface area contributed by atoms with Crippen LogP contribution < -0.4 is 4.74 Å². The summed E-state index contributed by atoms with van der Waals surface area (Å²) in [7, 11) is 0. The third-order valence-corrected chi connectivity index (χ3v) is 7.05. The predicted molar refractivity (Wildman–Crippen MR) is 145 cm³/mol. The molecule has 0 saturated carbocycles. The van der Waals surface area contributed by atoms with Gasteiger partial charge < -0.3 is 9.84 Å². The molecule has 2 heterocycles. The molecule has 1 N–H and O–H groups in total. The summed E-state index contributed by atoms with van der Waals surface area (Å²) >= 11 is 0. The minimum Gasteiger partial charge on any atom is -0.490 e. The maximum absolute atomic E-state index is 10.8. The first-order valence-corrected chi connectivity index (χ1v) is 13.0. The lowest BCUT2D eigenvalue weighted by atomic mass is 9.96. The molecule has 0 amide bonds. The second-order valence-electron chi connectivity index (χ2n) is 9.55. The molecule has 1 unspecified atom stereocenters. The molecule has 0 bridgehead atoms. The number of fused-ring (bicyclic) bond motifs is 1. The number of pyridine rings is 1. The molecule has 1 aliphatic rings. The van der Waals surface area contributed by atoms with Crippen LogP contribution in [-0.4, -0.2) is 65.3 Å².